The first-order chi connectivity index (χ1) is 11.7. The lowest BCUT2D eigenvalue weighted by Gasteiger charge is -2.14. The van der Waals surface area contributed by atoms with Crippen molar-refractivity contribution in [2.45, 2.75) is 13.5 Å². The number of aromatic hydroxyl groups is 1. The zero-order valence-electron chi connectivity index (χ0n) is 14.6. The molecule has 0 aliphatic rings. The van der Waals surface area contributed by atoms with Gasteiger partial charge in [0.1, 0.15) is 5.75 Å². The van der Waals surface area contributed by atoms with Gasteiger partial charge in [0.05, 0.1) is 20.8 Å². The van der Waals surface area contributed by atoms with E-state index in [9.17, 15) is 5.11 Å². The molecule has 0 fully saturated rings. The lowest BCUT2D eigenvalue weighted by Crippen LogP contribution is -2.30. The molecule has 0 heterocycles. The third-order valence-electron chi connectivity index (χ3n) is 3.32. The van der Waals surface area contributed by atoms with Crippen LogP contribution in [0.5, 0.6) is 17.2 Å². The molecule has 0 spiro atoms. The van der Waals surface area contributed by atoms with Gasteiger partial charge < -0.3 is 25.2 Å². The van der Waals surface area contributed by atoms with Crippen LogP contribution >= 0.6 is 24.0 Å². The number of phenolic OH excluding ortho intramolecular Hbond substituents is 1. The minimum absolute atomic E-state index is 0. The van der Waals surface area contributed by atoms with E-state index in [4.69, 9.17) is 9.47 Å². The fraction of sp³-hybridized carbons (Fsp3) is 0.278. The fourth-order valence-corrected chi connectivity index (χ4v) is 2.18. The molecule has 7 heteroatoms. The number of hydrogen-bond donors (Lipinski definition) is 3. The van der Waals surface area contributed by atoms with Gasteiger partial charge in [-0.2, -0.15) is 0 Å². The van der Waals surface area contributed by atoms with E-state index >= 15 is 0 Å². The Hall–Kier alpha value is -2.16. The predicted octanol–water partition coefficient (Wildman–Crippen LogP) is 3.61. The van der Waals surface area contributed by atoms with Gasteiger partial charge in [-0.25, -0.2) is 4.99 Å². The van der Waals surface area contributed by atoms with Crippen molar-refractivity contribution < 1.29 is 14.6 Å². The molecule has 0 aliphatic carbocycles. The normalized spacial score (nSPS) is 10.6. The summed E-state index contributed by atoms with van der Waals surface area (Å²) < 4.78 is 10.5. The topological polar surface area (TPSA) is 75.1 Å². The average Bonchev–Trinajstić information content (AvgIpc) is 2.60. The number of methoxy groups -OCH3 is 2. The fourth-order valence-electron chi connectivity index (χ4n) is 2.18. The number of phenols is 1. The number of nitrogens with one attached hydrogen (secondary N) is 2. The van der Waals surface area contributed by atoms with Gasteiger partial charge in [0.15, 0.2) is 17.5 Å². The van der Waals surface area contributed by atoms with Gasteiger partial charge in [0, 0.05) is 18.3 Å². The van der Waals surface area contributed by atoms with Gasteiger partial charge in [-0.3, -0.25) is 0 Å². The van der Waals surface area contributed by atoms with Gasteiger partial charge in [0.25, 0.3) is 0 Å². The Labute approximate surface area is 165 Å². The van der Waals surface area contributed by atoms with E-state index in [0.717, 1.165) is 17.8 Å². The molecule has 0 unspecified atom stereocenters. The largest absolute Gasteiger partial charge is 0.508 e. The summed E-state index contributed by atoms with van der Waals surface area (Å²) in [6.45, 7) is 3.19. The van der Waals surface area contributed by atoms with Crippen LogP contribution in [-0.2, 0) is 6.54 Å². The van der Waals surface area contributed by atoms with Crippen molar-refractivity contribution >= 4 is 35.6 Å². The molecule has 0 amide bonds. The minimum atomic E-state index is 0. The number of benzene rings is 2. The second kappa shape index (κ2) is 10.7. The van der Waals surface area contributed by atoms with Gasteiger partial charge in [0.2, 0.25) is 0 Å². The molecule has 0 aromatic heterocycles. The summed E-state index contributed by atoms with van der Waals surface area (Å²) in [6.07, 6.45) is 0. The van der Waals surface area contributed by atoms with E-state index in [0.29, 0.717) is 24.0 Å². The molecule has 0 aliphatic heterocycles. The molecule has 3 N–H and O–H groups in total. The summed E-state index contributed by atoms with van der Waals surface area (Å²) in [5, 5.41) is 15.9. The first-order valence-electron chi connectivity index (χ1n) is 7.71. The number of anilines is 1. The summed E-state index contributed by atoms with van der Waals surface area (Å²) in [7, 11) is 3.20. The standard InChI is InChI=1S/C18H23N3O3.HI/c1-4-19-18(20-12-13-6-5-7-15(22)10-13)21-14-8-9-16(23-2)17(11-14)24-3;/h5-11,22H,4,12H2,1-3H3,(H2,19,20,21);1H. The quantitative estimate of drug-likeness (QED) is 0.351. The van der Waals surface area contributed by atoms with Crippen molar-refractivity contribution in [1.82, 2.24) is 5.32 Å². The van der Waals surface area contributed by atoms with E-state index in [2.05, 4.69) is 15.6 Å². The van der Waals surface area contributed by atoms with Gasteiger partial charge in [-0.15, -0.1) is 24.0 Å². The van der Waals surface area contributed by atoms with Gasteiger partial charge in [-0.05, 0) is 36.8 Å². The lowest BCUT2D eigenvalue weighted by atomic mass is 10.2. The van der Waals surface area contributed by atoms with Crippen LogP contribution in [0.1, 0.15) is 12.5 Å². The zero-order valence-corrected chi connectivity index (χ0v) is 16.9. The Kier molecular flexibility index (Phi) is 8.90. The second-order valence-corrected chi connectivity index (χ2v) is 5.06. The van der Waals surface area contributed by atoms with Crippen LogP contribution in [0.25, 0.3) is 0 Å². The molecule has 0 bridgehead atoms. The predicted molar refractivity (Wildman–Crippen MR) is 112 cm³/mol. The molecule has 136 valence electrons. The van der Waals surface area contributed by atoms with Crippen LogP contribution in [0.4, 0.5) is 5.69 Å². The highest BCUT2D eigenvalue weighted by Crippen LogP contribution is 2.29. The maximum absolute atomic E-state index is 9.52. The first-order valence-corrected chi connectivity index (χ1v) is 7.71. The number of ether oxygens (including phenoxy) is 2. The highest BCUT2D eigenvalue weighted by molar-refractivity contribution is 14.0. The maximum Gasteiger partial charge on any atom is 0.196 e. The van der Waals surface area contributed by atoms with E-state index in [1.807, 2.05) is 31.2 Å². The Bertz CT molecular complexity index is 708. The lowest BCUT2D eigenvalue weighted by molar-refractivity contribution is 0.355. The van der Waals surface area contributed by atoms with E-state index in [1.54, 1.807) is 32.4 Å². The minimum Gasteiger partial charge on any atom is -0.508 e. The SMILES string of the molecule is CCNC(=NCc1cccc(O)c1)Nc1ccc(OC)c(OC)c1.I. The van der Waals surface area contributed by atoms with Gasteiger partial charge >= 0.3 is 0 Å². The zero-order chi connectivity index (χ0) is 17.4. The number of nitrogens with zero attached hydrogens (tertiary/aromatic N) is 1. The van der Waals surface area contributed by atoms with Crippen LogP contribution in [0.3, 0.4) is 0 Å². The maximum atomic E-state index is 9.52. The van der Waals surface area contributed by atoms with Crippen LogP contribution in [-0.4, -0.2) is 31.8 Å². The number of guanidine groups is 1. The highest BCUT2D eigenvalue weighted by Gasteiger charge is 2.06. The molecule has 6 nitrogen and oxygen atoms in total. The third kappa shape index (κ3) is 6.33. The number of rotatable bonds is 6. The molecule has 0 saturated carbocycles. The summed E-state index contributed by atoms with van der Waals surface area (Å²) in [5.74, 6) is 2.20. The van der Waals surface area contributed by atoms with Crippen molar-refractivity contribution in [1.29, 1.82) is 0 Å². The van der Waals surface area contributed by atoms with E-state index in [-0.39, 0.29) is 29.7 Å². The second-order valence-electron chi connectivity index (χ2n) is 5.06. The molecule has 2 aromatic rings. The van der Waals surface area contributed by atoms with E-state index < -0.39 is 0 Å². The average molecular weight is 457 g/mol. The number of aliphatic imine (C=N–C) groups is 1. The molecule has 0 atom stereocenters. The highest BCUT2D eigenvalue weighted by atomic mass is 127. The molecular weight excluding hydrogens is 433 g/mol. The Morgan fingerprint density at radius 1 is 1.08 bits per heavy atom. The summed E-state index contributed by atoms with van der Waals surface area (Å²) in [4.78, 5) is 4.53. The molecule has 2 aromatic carbocycles. The number of halogens is 1. The Morgan fingerprint density at radius 3 is 2.48 bits per heavy atom. The van der Waals surface area contributed by atoms with Crippen molar-refractivity contribution in [3.05, 3.63) is 48.0 Å². The summed E-state index contributed by atoms with van der Waals surface area (Å²) in [6, 6.07) is 12.6. The van der Waals surface area contributed by atoms with Crippen LogP contribution in [0, 0.1) is 0 Å². The van der Waals surface area contributed by atoms with Crippen LogP contribution in [0.2, 0.25) is 0 Å². The molecule has 0 saturated heterocycles. The molecule has 25 heavy (non-hydrogen) atoms. The number of hydrogen-bond acceptors (Lipinski definition) is 4. The Balaban J connectivity index is 0.00000312. The summed E-state index contributed by atoms with van der Waals surface area (Å²) >= 11 is 0. The third-order valence-corrected chi connectivity index (χ3v) is 3.32. The van der Waals surface area contributed by atoms with Crippen molar-refractivity contribution in [3.8, 4) is 17.2 Å². The van der Waals surface area contributed by atoms with Gasteiger partial charge in [-0.1, -0.05) is 12.1 Å². The Morgan fingerprint density at radius 2 is 1.84 bits per heavy atom. The van der Waals surface area contributed by atoms with Crippen LogP contribution < -0.4 is 20.1 Å². The molecule has 0 radical (unpaired) electrons. The van der Waals surface area contributed by atoms with Crippen LogP contribution in [0.15, 0.2) is 47.5 Å². The monoisotopic (exact) mass is 457 g/mol. The first kappa shape index (κ1) is 20.9. The summed E-state index contributed by atoms with van der Waals surface area (Å²) in [5.41, 5.74) is 1.77. The smallest absolute Gasteiger partial charge is 0.196 e. The molecule has 2 rings (SSSR count). The molecular formula is C18H24IN3O3. The van der Waals surface area contributed by atoms with E-state index in [1.165, 1.54) is 0 Å². The van der Waals surface area contributed by atoms with Crippen molar-refractivity contribution in [2.75, 3.05) is 26.1 Å². The van der Waals surface area contributed by atoms with Crippen molar-refractivity contribution in [3.63, 3.8) is 0 Å². The van der Waals surface area contributed by atoms with Crippen molar-refractivity contribution in [2.24, 2.45) is 4.99 Å².